The molecule has 0 heterocycles. The highest BCUT2D eigenvalue weighted by Gasteiger charge is 2.11. The smallest absolute Gasteiger partial charge is 0.132 e. The summed E-state index contributed by atoms with van der Waals surface area (Å²) in [5, 5.41) is 20.5. The van der Waals surface area contributed by atoms with E-state index in [1.807, 2.05) is 0 Å². The SMILES string of the molecule is N#Cc1cc(F)c(CNc2cccc(CO)c2)c(F)c1. The van der Waals surface area contributed by atoms with Crippen molar-refractivity contribution in [2.24, 2.45) is 0 Å². The van der Waals surface area contributed by atoms with Gasteiger partial charge in [0.25, 0.3) is 0 Å². The molecule has 0 fully saturated rings. The molecule has 2 aromatic carbocycles. The van der Waals surface area contributed by atoms with Crippen molar-refractivity contribution in [3.63, 3.8) is 0 Å². The fourth-order valence-electron chi connectivity index (χ4n) is 1.81. The maximum absolute atomic E-state index is 13.7. The average Bonchev–Trinajstić information content (AvgIpc) is 2.46. The Balaban J connectivity index is 2.17. The molecule has 3 nitrogen and oxygen atoms in total. The summed E-state index contributed by atoms with van der Waals surface area (Å²) >= 11 is 0. The van der Waals surface area contributed by atoms with Crippen LogP contribution in [0.3, 0.4) is 0 Å². The van der Waals surface area contributed by atoms with Gasteiger partial charge in [0, 0.05) is 17.8 Å². The monoisotopic (exact) mass is 274 g/mol. The molecule has 2 aromatic rings. The normalized spacial score (nSPS) is 10.1. The van der Waals surface area contributed by atoms with Crippen molar-refractivity contribution in [3.05, 3.63) is 64.7 Å². The van der Waals surface area contributed by atoms with Crippen LogP contribution >= 0.6 is 0 Å². The first-order valence-corrected chi connectivity index (χ1v) is 5.95. The molecule has 0 unspecified atom stereocenters. The fraction of sp³-hybridized carbons (Fsp3) is 0.133. The first-order valence-electron chi connectivity index (χ1n) is 5.95. The molecule has 0 aliphatic heterocycles. The number of benzene rings is 2. The number of anilines is 1. The number of nitrogens with one attached hydrogen (secondary N) is 1. The summed E-state index contributed by atoms with van der Waals surface area (Å²) in [4.78, 5) is 0. The predicted octanol–water partition coefficient (Wildman–Crippen LogP) is 2.94. The highest BCUT2D eigenvalue weighted by molar-refractivity contribution is 5.46. The second-order valence-electron chi connectivity index (χ2n) is 4.24. The predicted molar refractivity (Wildman–Crippen MR) is 70.8 cm³/mol. The Kier molecular flexibility index (Phi) is 4.28. The van der Waals surface area contributed by atoms with E-state index in [1.165, 1.54) is 0 Å². The van der Waals surface area contributed by atoms with Gasteiger partial charge in [-0.1, -0.05) is 12.1 Å². The van der Waals surface area contributed by atoms with Crippen LogP contribution in [0, 0.1) is 23.0 Å². The minimum absolute atomic E-state index is 0.0434. The number of halogens is 2. The molecule has 2 rings (SSSR count). The maximum atomic E-state index is 13.7. The minimum atomic E-state index is -0.757. The molecule has 2 N–H and O–H groups in total. The van der Waals surface area contributed by atoms with Crippen molar-refractivity contribution in [3.8, 4) is 6.07 Å². The summed E-state index contributed by atoms with van der Waals surface area (Å²) in [5.74, 6) is -1.51. The lowest BCUT2D eigenvalue weighted by molar-refractivity contribution is 0.282. The highest BCUT2D eigenvalue weighted by Crippen LogP contribution is 2.18. The molecule has 0 spiro atoms. The van der Waals surface area contributed by atoms with Gasteiger partial charge in [0.1, 0.15) is 11.6 Å². The molecule has 0 bridgehead atoms. The van der Waals surface area contributed by atoms with Gasteiger partial charge in [-0.05, 0) is 29.8 Å². The summed E-state index contributed by atoms with van der Waals surface area (Å²) in [6.07, 6.45) is 0. The zero-order valence-corrected chi connectivity index (χ0v) is 10.5. The molecule has 20 heavy (non-hydrogen) atoms. The van der Waals surface area contributed by atoms with Crippen LogP contribution < -0.4 is 5.32 Å². The molecule has 0 aliphatic rings. The molecule has 0 amide bonds. The van der Waals surface area contributed by atoms with Crippen LogP contribution in [0.15, 0.2) is 36.4 Å². The van der Waals surface area contributed by atoms with Crippen LogP contribution in [0.25, 0.3) is 0 Å². The first kappa shape index (κ1) is 14.0. The second kappa shape index (κ2) is 6.13. The maximum Gasteiger partial charge on any atom is 0.132 e. The molecule has 0 aliphatic carbocycles. The molecule has 0 saturated carbocycles. The van der Waals surface area contributed by atoms with Gasteiger partial charge in [-0.25, -0.2) is 8.78 Å². The van der Waals surface area contributed by atoms with Crippen LogP contribution in [0.4, 0.5) is 14.5 Å². The Hall–Kier alpha value is -2.45. The summed E-state index contributed by atoms with van der Waals surface area (Å²) in [7, 11) is 0. The fourth-order valence-corrected chi connectivity index (χ4v) is 1.81. The van der Waals surface area contributed by atoms with E-state index in [9.17, 15) is 8.78 Å². The van der Waals surface area contributed by atoms with Crippen molar-refractivity contribution in [1.29, 1.82) is 5.26 Å². The van der Waals surface area contributed by atoms with Gasteiger partial charge in [-0.2, -0.15) is 5.26 Å². The molecule has 0 atom stereocenters. The van der Waals surface area contributed by atoms with Crippen molar-refractivity contribution >= 4 is 5.69 Å². The Morgan fingerprint density at radius 1 is 1.15 bits per heavy atom. The number of hydrogen-bond acceptors (Lipinski definition) is 3. The standard InChI is InChI=1S/C15H12F2N2O/c16-14-5-11(7-18)6-15(17)13(14)8-19-12-3-1-2-10(4-12)9-20/h1-6,19-20H,8-9H2. The highest BCUT2D eigenvalue weighted by atomic mass is 19.1. The Morgan fingerprint density at radius 2 is 1.85 bits per heavy atom. The van der Waals surface area contributed by atoms with Crippen LogP contribution in [0.2, 0.25) is 0 Å². The molecule has 0 radical (unpaired) electrons. The molecule has 0 saturated heterocycles. The Labute approximate surface area is 115 Å². The van der Waals surface area contributed by atoms with E-state index in [0.29, 0.717) is 11.3 Å². The lowest BCUT2D eigenvalue weighted by atomic mass is 10.1. The quantitative estimate of drug-likeness (QED) is 0.901. The van der Waals surface area contributed by atoms with Crippen molar-refractivity contribution in [2.75, 3.05) is 5.32 Å². The van der Waals surface area contributed by atoms with E-state index in [4.69, 9.17) is 10.4 Å². The van der Waals surface area contributed by atoms with Gasteiger partial charge in [-0.3, -0.25) is 0 Å². The van der Waals surface area contributed by atoms with Gasteiger partial charge in [0.05, 0.1) is 18.2 Å². The second-order valence-corrected chi connectivity index (χ2v) is 4.24. The summed E-state index contributed by atoms with van der Waals surface area (Å²) in [6.45, 7) is -0.145. The number of nitriles is 1. The van der Waals surface area contributed by atoms with E-state index in [-0.39, 0.29) is 24.3 Å². The largest absolute Gasteiger partial charge is 0.392 e. The molecular weight excluding hydrogens is 262 g/mol. The van der Waals surface area contributed by atoms with E-state index in [1.54, 1.807) is 30.3 Å². The number of hydrogen-bond donors (Lipinski definition) is 2. The van der Waals surface area contributed by atoms with E-state index < -0.39 is 11.6 Å². The summed E-state index contributed by atoms with van der Waals surface area (Å²) < 4.78 is 27.4. The van der Waals surface area contributed by atoms with Crippen molar-refractivity contribution in [2.45, 2.75) is 13.2 Å². The van der Waals surface area contributed by atoms with Crippen molar-refractivity contribution in [1.82, 2.24) is 0 Å². The van der Waals surface area contributed by atoms with E-state index in [0.717, 1.165) is 12.1 Å². The van der Waals surface area contributed by atoms with Crippen LogP contribution in [-0.2, 0) is 13.2 Å². The number of nitrogens with zero attached hydrogens (tertiary/aromatic N) is 1. The van der Waals surface area contributed by atoms with Gasteiger partial charge in [0.2, 0.25) is 0 Å². The zero-order chi connectivity index (χ0) is 14.5. The van der Waals surface area contributed by atoms with Crippen molar-refractivity contribution < 1.29 is 13.9 Å². The van der Waals surface area contributed by atoms with Crippen LogP contribution in [0.5, 0.6) is 0 Å². The zero-order valence-electron chi connectivity index (χ0n) is 10.5. The van der Waals surface area contributed by atoms with Crippen LogP contribution in [0.1, 0.15) is 16.7 Å². The number of rotatable bonds is 4. The Morgan fingerprint density at radius 3 is 2.45 bits per heavy atom. The summed E-state index contributed by atoms with van der Waals surface area (Å²) in [6, 6.07) is 10.6. The third-order valence-electron chi connectivity index (χ3n) is 2.85. The van der Waals surface area contributed by atoms with Gasteiger partial charge < -0.3 is 10.4 Å². The summed E-state index contributed by atoms with van der Waals surface area (Å²) in [5.41, 5.74) is 1.18. The first-order chi connectivity index (χ1) is 9.63. The Bertz CT molecular complexity index is 642. The third-order valence-corrected chi connectivity index (χ3v) is 2.85. The molecule has 5 heteroatoms. The van der Waals surface area contributed by atoms with Gasteiger partial charge in [-0.15, -0.1) is 0 Å². The lowest BCUT2D eigenvalue weighted by Crippen LogP contribution is -2.05. The minimum Gasteiger partial charge on any atom is -0.392 e. The van der Waals surface area contributed by atoms with Crippen LogP contribution in [-0.4, -0.2) is 5.11 Å². The molecule has 102 valence electrons. The molecular formula is C15H12F2N2O. The lowest BCUT2D eigenvalue weighted by Gasteiger charge is -2.09. The van der Waals surface area contributed by atoms with Gasteiger partial charge in [0.15, 0.2) is 0 Å². The average molecular weight is 274 g/mol. The van der Waals surface area contributed by atoms with Gasteiger partial charge >= 0.3 is 0 Å². The number of aliphatic hydroxyl groups excluding tert-OH is 1. The van der Waals surface area contributed by atoms with E-state index in [2.05, 4.69) is 5.32 Å². The van der Waals surface area contributed by atoms with E-state index >= 15 is 0 Å². The third kappa shape index (κ3) is 3.11. The molecule has 0 aromatic heterocycles. The number of aliphatic hydroxyl groups is 1. The topological polar surface area (TPSA) is 56.0 Å².